The number of amides is 1. The van der Waals surface area contributed by atoms with E-state index in [1.165, 1.54) is 43.3 Å². The van der Waals surface area contributed by atoms with Gasteiger partial charge in [0.2, 0.25) is 15.9 Å². The molecule has 0 aliphatic carbocycles. The van der Waals surface area contributed by atoms with Gasteiger partial charge in [0.1, 0.15) is 6.54 Å². The zero-order valence-electron chi connectivity index (χ0n) is 14.1. The lowest BCUT2D eigenvalue weighted by atomic mass is 10.1. The third kappa shape index (κ3) is 3.96. The van der Waals surface area contributed by atoms with Crippen molar-refractivity contribution in [1.82, 2.24) is 4.57 Å². The van der Waals surface area contributed by atoms with Crippen molar-refractivity contribution in [3.8, 4) is 0 Å². The molecule has 1 amide bonds. The number of nitrogens with two attached hydrogens (primary N) is 1. The molecular weight excluding hydrogens is 374 g/mol. The number of fused-ring (bicyclic) bond motifs is 1. The van der Waals surface area contributed by atoms with Gasteiger partial charge in [0.05, 0.1) is 10.4 Å². The van der Waals surface area contributed by atoms with E-state index in [1.54, 1.807) is 6.07 Å². The maximum atomic E-state index is 12.2. The number of Topliss-reactive ketones (excluding diaryl/α,β-unsaturated/α-hetero) is 1. The average Bonchev–Trinajstić information content (AvgIpc) is 2.89. The molecule has 0 aliphatic rings. The van der Waals surface area contributed by atoms with Crippen LogP contribution in [0.5, 0.6) is 0 Å². The summed E-state index contributed by atoms with van der Waals surface area (Å²) in [5.74, 6) is -1.42. The number of nitrogens with zero attached hydrogens (tertiary/aromatic N) is 1. The number of primary sulfonamides is 1. The van der Waals surface area contributed by atoms with Gasteiger partial charge in [-0.1, -0.05) is 0 Å². The third-order valence-corrected chi connectivity index (χ3v) is 4.77. The van der Waals surface area contributed by atoms with Gasteiger partial charge >= 0.3 is 5.76 Å². The fraction of sp³-hybridized carbons (Fsp3) is 0.118. The van der Waals surface area contributed by atoms with Gasteiger partial charge in [-0.2, -0.15) is 0 Å². The Kier molecular flexibility index (Phi) is 4.68. The first kappa shape index (κ1) is 18.5. The molecule has 0 saturated heterocycles. The van der Waals surface area contributed by atoms with Crippen LogP contribution in [-0.4, -0.2) is 24.7 Å². The average molecular weight is 389 g/mol. The minimum absolute atomic E-state index is 0.0844. The molecule has 1 heterocycles. The summed E-state index contributed by atoms with van der Waals surface area (Å²) in [6.45, 7) is 1.08. The van der Waals surface area contributed by atoms with E-state index in [0.29, 0.717) is 16.8 Å². The summed E-state index contributed by atoms with van der Waals surface area (Å²) in [4.78, 5) is 35.6. The van der Waals surface area contributed by atoms with Crippen molar-refractivity contribution in [2.24, 2.45) is 5.14 Å². The lowest BCUT2D eigenvalue weighted by molar-refractivity contribution is -0.116. The first-order chi connectivity index (χ1) is 12.6. The van der Waals surface area contributed by atoms with E-state index in [1.807, 2.05) is 0 Å². The molecule has 0 radical (unpaired) electrons. The predicted octanol–water partition coefficient (Wildman–Crippen LogP) is 1.08. The number of aromatic nitrogens is 1. The van der Waals surface area contributed by atoms with Crippen molar-refractivity contribution in [3.63, 3.8) is 0 Å². The van der Waals surface area contributed by atoms with Gasteiger partial charge in [-0.3, -0.25) is 14.2 Å². The number of hydrogen-bond acceptors (Lipinski definition) is 6. The number of anilines is 1. The monoisotopic (exact) mass is 389 g/mol. The Morgan fingerprint density at radius 3 is 2.41 bits per heavy atom. The Hall–Kier alpha value is -3.24. The van der Waals surface area contributed by atoms with Crippen LogP contribution in [0.2, 0.25) is 0 Å². The molecule has 0 saturated carbocycles. The standard InChI is InChI=1S/C17H15N3O6S/c1-10(21)11-2-7-14-15(8-11)26-17(23)20(14)9-16(22)19-12-3-5-13(6-4-12)27(18,24)25/h2-8H,9H2,1H3,(H,19,22)(H2,18,24,25). The number of nitrogens with one attached hydrogen (secondary N) is 1. The van der Waals surface area contributed by atoms with E-state index in [9.17, 15) is 22.8 Å². The van der Waals surface area contributed by atoms with Crippen LogP contribution < -0.4 is 16.2 Å². The molecule has 0 bridgehead atoms. The van der Waals surface area contributed by atoms with Crippen molar-refractivity contribution in [1.29, 1.82) is 0 Å². The van der Waals surface area contributed by atoms with Crippen LogP contribution in [0.4, 0.5) is 5.69 Å². The number of carbonyl (C=O) groups excluding carboxylic acids is 2. The molecule has 3 N–H and O–H groups in total. The van der Waals surface area contributed by atoms with Crippen molar-refractivity contribution >= 4 is 38.5 Å². The Bertz CT molecular complexity index is 1210. The summed E-state index contributed by atoms with van der Waals surface area (Å²) < 4.78 is 28.7. The summed E-state index contributed by atoms with van der Waals surface area (Å²) in [6, 6.07) is 9.80. The minimum atomic E-state index is -3.82. The topological polar surface area (TPSA) is 141 Å². The summed E-state index contributed by atoms with van der Waals surface area (Å²) >= 11 is 0. The first-order valence-corrected chi connectivity index (χ1v) is 9.27. The number of benzene rings is 2. The smallest absolute Gasteiger partial charge is 0.408 e. The Morgan fingerprint density at radius 1 is 1.15 bits per heavy atom. The number of rotatable bonds is 5. The number of ketones is 1. The van der Waals surface area contributed by atoms with E-state index < -0.39 is 21.7 Å². The molecule has 1 aromatic heterocycles. The molecular formula is C17H15N3O6S. The lowest BCUT2D eigenvalue weighted by Gasteiger charge is -2.06. The van der Waals surface area contributed by atoms with Crippen molar-refractivity contribution in [2.75, 3.05) is 5.32 Å². The zero-order chi connectivity index (χ0) is 19.8. The van der Waals surface area contributed by atoms with Gasteiger partial charge in [-0.25, -0.2) is 18.4 Å². The minimum Gasteiger partial charge on any atom is -0.408 e. The normalized spacial score (nSPS) is 11.5. The maximum absolute atomic E-state index is 12.2. The Labute approximate surface area is 153 Å². The van der Waals surface area contributed by atoms with Crippen LogP contribution in [0.1, 0.15) is 17.3 Å². The van der Waals surface area contributed by atoms with Crippen molar-refractivity contribution < 1.29 is 22.4 Å². The highest BCUT2D eigenvalue weighted by molar-refractivity contribution is 7.89. The van der Waals surface area contributed by atoms with Crippen LogP contribution in [0.15, 0.2) is 56.6 Å². The highest BCUT2D eigenvalue weighted by Gasteiger charge is 2.15. The largest absolute Gasteiger partial charge is 0.420 e. The summed E-state index contributed by atoms with van der Waals surface area (Å²) in [5, 5.41) is 7.56. The molecule has 2 aromatic carbocycles. The molecule has 27 heavy (non-hydrogen) atoms. The van der Waals surface area contributed by atoms with Gasteiger partial charge in [0.15, 0.2) is 11.4 Å². The molecule has 10 heteroatoms. The van der Waals surface area contributed by atoms with Gasteiger partial charge < -0.3 is 9.73 Å². The molecule has 0 atom stereocenters. The Morgan fingerprint density at radius 2 is 1.81 bits per heavy atom. The number of carbonyl (C=O) groups is 2. The fourth-order valence-corrected chi connectivity index (χ4v) is 3.02. The molecule has 3 rings (SSSR count). The SMILES string of the molecule is CC(=O)c1ccc2c(c1)oc(=O)n2CC(=O)Nc1ccc(S(N)(=O)=O)cc1. The second kappa shape index (κ2) is 6.82. The lowest BCUT2D eigenvalue weighted by Crippen LogP contribution is -2.24. The molecule has 3 aromatic rings. The molecule has 140 valence electrons. The zero-order valence-corrected chi connectivity index (χ0v) is 14.9. The van der Waals surface area contributed by atoms with Gasteiger partial charge in [-0.15, -0.1) is 0 Å². The van der Waals surface area contributed by atoms with E-state index in [4.69, 9.17) is 9.56 Å². The van der Waals surface area contributed by atoms with Crippen molar-refractivity contribution in [3.05, 3.63) is 58.6 Å². The van der Waals surface area contributed by atoms with Gasteiger partial charge in [-0.05, 0) is 49.4 Å². The second-order valence-corrected chi connectivity index (χ2v) is 7.37. The summed E-state index contributed by atoms with van der Waals surface area (Å²) in [7, 11) is -3.82. The quantitative estimate of drug-likeness (QED) is 0.626. The van der Waals surface area contributed by atoms with Crippen LogP contribution in [0.3, 0.4) is 0 Å². The van der Waals surface area contributed by atoms with Crippen molar-refractivity contribution in [2.45, 2.75) is 18.4 Å². The molecule has 0 unspecified atom stereocenters. The van der Waals surface area contributed by atoms with Crippen LogP contribution in [-0.2, 0) is 21.4 Å². The molecule has 0 aliphatic heterocycles. The van der Waals surface area contributed by atoms with E-state index in [0.717, 1.165) is 4.57 Å². The van der Waals surface area contributed by atoms with Crippen LogP contribution in [0.25, 0.3) is 11.1 Å². The van der Waals surface area contributed by atoms with Gasteiger partial charge in [0, 0.05) is 11.3 Å². The number of oxazole rings is 1. The van der Waals surface area contributed by atoms with Crippen LogP contribution in [0, 0.1) is 0 Å². The Balaban J connectivity index is 1.81. The number of hydrogen-bond donors (Lipinski definition) is 2. The molecule has 0 spiro atoms. The third-order valence-electron chi connectivity index (χ3n) is 3.84. The second-order valence-electron chi connectivity index (χ2n) is 5.81. The number of sulfonamides is 1. The van der Waals surface area contributed by atoms with E-state index >= 15 is 0 Å². The summed E-state index contributed by atoms with van der Waals surface area (Å²) in [6.07, 6.45) is 0. The highest BCUT2D eigenvalue weighted by Crippen LogP contribution is 2.16. The first-order valence-electron chi connectivity index (χ1n) is 7.72. The highest BCUT2D eigenvalue weighted by atomic mass is 32.2. The predicted molar refractivity (Wildman–Crippen MR) is 96.9 cm³/mol. The summed E-state index contributed by atoms with van der Waals surface area (Å²) in [5.41, 5.74) is 1.32. The van der Waals surface area contributed by atoms with Crippen LogP contribution >= 0.6 is 0 Å². The van der Waals surface area contributed by atoms with E-state index in [-0.39, 0.29) is 22.8 Å². The molecule has 0 fully saturated rings. The van der Waals surface area contributed by atoms with E-state index in [2.05, 4.69) is 5.32 Å². The molecule has 9 nitrogen and oxygen atoms in total. The maximum Gasteiger partial charge on any atom is 0.420 e. The van der Waals surface area contributed by atoms with Gasteiger partial charge in [0.25, 0.3) is 0 Å². The fourth-order valence-electron chi connectivity index (χ4n) is 2.51.